The zero-order valence-corrected chi connectivity index (χ0v) is 8.69. The molecule has 15 heavy (non-hydrogen) atoms. The molecule has 0 amide bonds. The minimum Gasteiger partial charge on any atom is -0.459 e. The molecule has 76 valence electrons. The lowest BCUT2D eigenvalue weighted by Gasteiger charge is -2.03. The smallest absolute Gasteiger partial charge is 0.318 e. The summed E-state index contributed by atoms with van der Waals surface area (Å²) in [7, 11) is 0. The number of nitrogens with zero attached hydrogens (tertiary/aromatic N) is 2. The van der Waals surface area contributed by atoms with Crippen LogP contribution < -0.4 is 4.74 Å². The van der Waals surface area contributed by atoms with Gasteiger partial charge < -0.3 is 4.74 Å². The van der Waals surface area contributed by atoms with Gasteiger partial charge in [0, 0.05) is 6.20 Å². The molecule has 0 saturated heterocycles. The summed E-state index contributed by atoms with van der Waals surface area (Å²) in [4.78, 5) is 7.86. The van der Waals surface area contributed by atoms with E-state index in [-0.39, 0.29) is 0 Å². The van der Waals surface area contributed by atoms with Crippen LogP contribution in [0.3, 0.4) is 0 Å². The molecule has 4 heteroatoms. The summed E-state index contributed by atoms with van der Waals surface area (Å²) in [6.45, 7) is 0.446. The second-order valence-corrected chi connectivity index (χ2v) is 3.32. The maximum absolute atomic E-state index is 5.70. The van der Waals surface area contributed by atoms with E-state index in [4.69, 9.17) is 16.3 Å². The van der Waals surface area contributed by atoms with Crippen LogP contribution in [0, 0.1) is 0 Å². The van der Waals surface area contributed by atoms with Crippen molar-refractivity contribution in [2.24, 2.45) is 0 Å². The Morgan fingerprint density at radius 2 is 1.93 bits per heavy atom. The molecule has 2 rings (SSSR count). The van der Waals surface area contributed by atoms with Gasteiger partial charge >= 0.3 is 6.01 Å². The van der Waals surface area contributed by atoms with Crippen molar-refractivity contribution in [2.75, 3.05) is 0 Å². The summed E-state index contributed by atoms with van der Waals surface area (Å²) in [6.07, 6.45) is 1.57. The average Bonchev–Trinajstić information content (AvgIpc) is 2.28. The fourth-order valence-electron chi connectivity index (χ4n) is 1.11. The standard InChI is InChI=1S/C11H9ClN2O/c12-10-6-7-13-11(14-10)15-8-9-4-2-1-3-5-9/h1-7H,8H2. The van der Waals surface area contributed by atoms with Gasteiger partial charge in [0.2, 0.25) is 0 Å². The van der Waals surface area contributed by atoms with Crippen LogP contribution in [-0.2, 0) is 6.61 Å². The first kappa shape index (κ1) is 9.93. The fourth-order valence-corrected chi connectivity index (χ4v) is 1.24. The predicted molar refractivity (Wildman–Crippen MR) is 57.8 cm³/mol. The lowest BCUT2D eigenvalue weighted by Crippen LogP contribution is -1.98. The predicted octanol–water partition coefficient (Wildman–Crippen LogP) is 2.71. The minimum atomic E-state index is 0.298. The van der Waals surface area contributed by atoms with Crippen LogP contribution in [0.25, 0.3) is 0 Å². The Bertz CT molecular complexity index is 434. The maximum atomic E-state index is 5.70. The molecule has 0 unspecified atom stereocenters. The molecular formula is C11H9ClN2O. The van der Waals surface area contributed by atoms with Crippen LogP contribution >= 0.6 is 11.6 Å². The van der Waals surface area contributed by atoms with Crippen LogP contribution in [-0.4, -0.2) is 9.97 Å². The SMILES string of the molecule is Clc1ccnc(OCc2ccccc2)n1. The summed E-state index contributed by atoms with van der Waals surface area (Å²) in [6, 6.07) is 11.7. The molecular weight excluding hydrogens is 212 g/mol. The first-order valence-electron chi connectivity index (χ1n) is 4.50. The van der Waals surface area contributed by atoms with Gasteiger partial charge in [-0.25, -0.2) is 4.98 Å². The van der Waals surface area contributed by atoms with Gasteiger partial charge in [-0.05, 0) is 11.6 Å². The van der Waals surface area contributed by atoms with Crippen molar-refractivity contribution in [2.45, 2.75) is 6.61 Å². The van der Waals surface area contributed by atoms with Crippen molar-refractivity contribution < 1.29 is 4.74 Å². The van der Waals surface area contributed by atoms with Gasteiger partial charge in [0.25, 0.3) is 0 Å². The van der Waals surface area contributed by atoms with E-state index in [1.807, 2.05) is 30.3 Å². The fraction of sp³-hybridized carbons (Fsp3) is 0.0909. The van der Waals surface area contributed by atoms with E-state index >= 15 is 0 Å². The Morgan fingerprint density at radius 3 is 2.67 bits per heavy atom. The number of rotatable bonds is 3. The van der Waals surface area contributed by atoms with Gasteiger partial charge in [-0.2, -0.15) is 4.98 Å². The molecule has 1 aromatic carbocycles. The molecule has 0 aliphatic rings. The lowest BCUT2D eigenvalue weighted by molar-refractivity contribution is 0.280. The van der Waals surface area contributed by atoms with Crippen LogP contribution in [0.1, 0.15) is 5.56 Å². The molecule has 0 atom stereocenters. The van der Waals surface area contributed by atoms with E-state index in [9.17, 15) is 0 Å². The number of hydrogen-bond donors (Lipinski definition) is 0. The molecule has 0 bridgehead atoms. The van der Waals surface area contributed by atoms with Gasteiger partial charge in [0.05, 0.1) is 0 Å². The number of aromatic nitrogens is 2. The zero-order chi connectivity index (χ0) is 10.5. The summed E-state index contributed by atoms with van der Waals surface area (Å²) in [5, 5.41) is 0.382. The van der Waals surface area contributed by atoms with E-state index in [0.29, 0.717) is 17.8 Å². The zero-order valence-electron chi connectivity index (χ0n) is 7.93. The Morgan fingerprint density at radius 1 is 1.13 bits per heavy atom. The van der Waals surface area contributed by atoms with Crippen molar-refractivity contribution in [1.29, 1.82) is 0 Å². The highest BCUT2D eigenvalue weighted by Gasteiger charge is 1.98. The monoisotopic (exact) mass is 220 g/mol. The molecule has 1 aromatic heterocycles. The molecule has 1 heterocycles. The summed E-state index contributed by atoms with van der Waals surface area (Å²) in [5.41, 5.74) is 1.07. The van der Waals surface area contributed by atoms with E-state index in [2.05, 4.69) is 9.97 Å². The normalized spacial score (nSPS) is 9.93. The first-order chi connectivity index (χ1) is 7.34. The molecule has 0 saturated carbocycles. The molecule has 0 fully saturated rings. The number of halogens is 1. The summed E-state index contributed by atoms with van der Waals surface area (Å²) < 4.78 is 5.37. The third kappa shape index (κ3) is 2.92. The van der Waals surface area contributed by atoms with Crippen molar-refractivity contribution in [3.63, 3.8) is 0 Å². The van der Waals surface area contributed by atoms with Crippen molar-refractivity contribution in [3.05, 3.63) is 53.3 Å². The average molecular weight is 221 g/mol. The van der Waals surface area contributed by atoms with Gasteiger partial charge in [-0.15, -0.1) is 0 Å². The number of hydrogen-bond acceptors (Lipinski definition) is 3. The Labute approximate surface area is 92.7 Å². The van der Waals surface area contributed by atoms with Gasteiger partial charge in [0.15, 0.2) is 0 Å². The van der Waals surface area contributed by atoms with E-state index < -0.39 is 0 Å². The van der Waals surface area contributed by atoms with Crippen LogP contribution in [0.15, 0.2) is 42.6 Å². The molecule has 0 radical (unpaired) electrons. The Hall–Kier alpha value is -1.61. The lowest BCUT2D eigenvalue weighted by atomic mass is 10.2. The summed E-state index contributed by atoms with van der Waals surface area (Å²) >= 11 is 5.70. The third-order valence-corrected chi connectivity index (χ3v) is 2.02. The van der Waals surface area contributed by atoms with Crippen LogP contribution in [0.4, 0.5) is 0 Å². The van der Waals surface area contributed by atoms with Crippen molar-refractivity contribution >= 4 is 11.6 Å². The van der Waals surface area contributed by atoms with Gasteiger partial charge in [-0.1, -0.05) is 41.9 Å². The molecule has 0 aliphatic heterocycles. The maximum Gasteiger partial charge on any atom is 0.318 e. The highest BCUT2D eigenvalue weighted by atomic mass is 35.5. The van der Waals surface area contributed by atoms with Crippen molar-refractivity contribution in [3.8, 4) is 6.01 Å². The van der Waals surface area contributed by atoms with E-state index in [1.165, 1.54) is 0 Å². The van der Waals surface area contributed by atoms with Gasteiger partial charge in [-0.3, -0.25) is 0 Å². The topological polar surface area (TPSA) is 35.0 Å². The minimum absolute atomic E-state index is 0.298. The quantitative estimate of drug-likeness (QED) is 0.746. The summed E-state index contributed by atoms with van der Waals surface area (Å²) in [5.74, 6) is 0. The molecule has 0 aliphatic carbocycles. The van der Waals surface area contributed by atoms with Crippen molar-refractivity contribution in [1.82, 2.24) is 9.97 Å². The molecule has 2 aromatic rings. The van der Waals surface area contributed by atoms with E-state index in [1.54, 1.807) is 12.3 Å². The first-order valence-corrected chi connectivity index (χ1v) is 4.88. The number of ether oxygens (including phenoxy) is 1. The second-order valence-electron chi connectivity index (χ2n) is 2.94. The second kappa shape index (κ2) is 4.75. The van der Waals surface area contributed by atoms with Crippen LogP contribution in [0.5, 0.6) is 6.01 Å². The Balaban J connectivity index is 1.99. The largest absolute Gasteiger partial charge is 0.459 e. The molecule has 0 spiro atoms. The molecule has 0 N–H and O–H groups in total. The highest BCUT2D eigenvalue weighted by molar-refractivity contribution is 6.29. The van der Waals surface area contributed by atoms with Gasteiger partial charge in [0.1, 0.15) is 11.8 Å². The number of benzene rings is 1. The molecule has 3 nitrogen and oxygen atoms in total. The Kier molecular flexibility index (Phi) is 3.15. The van der Waals surface area contributed by atoms with Crippen LogP contribution in [0.2, 0.25) is 5.15 Å². The van der Waals surface area contributed by atoms with E-state index in [0.717, 1.165) is 5.56 Å². The highest BCUT2D eigenvalue weighted by Crippen LogP contribution is 2.09. The third-order valence-electron chi connectivity index (χ3n) is 1.81.